The molecule has 0 atom stereocenters. The van der Waals surface area contributed by atoms with Crippen LogP contribution in [-0.2, 0) is 9.53 Å². The van der Waals surface area contributed by atoms with Gasteiger partial charge in [0.25, 0.3) is 0 Å². The van der Waals surface area contributed by atoms with Gasteiger partial charge in [0, 0.05) is 13.0 Å². The highest BCUT2D eigenvalue weighted by molar-refractivity contribution is 5.83. The van der Waals surface area contributed by atoms with Gasteiger partial charge in [0.1, 0.15) is 0 Å². The Morgan fingerprint density at radius 3 is 2.29 bits per heavy atom. The summed E-state index contributed by atoms with van der Waals surface area (Å²) in [5.41, 5.74) is -0.180. The van der Waals surface area contributed by atoms with Crippen LogP contribution in [0.25, 0.3) is 0 Å². The number of hydrogen-bond donors (Lipinski definition) is 1. The fourth-order valence-corrected chi connectivity index (χ4v) is 1.88. The second-order valence-corrected chi connectivity index (χ2v) is 3.96. The van der Waals surface area contributed by atoms with Gasteiger partial charge in [-0.3, -0.25) is 0 Å². The lowest BCUT2D eigenvalue weighted by atomic mass is 9.88. The normalized spacial score (nSPS) is 27.0. The predicted octanol–water partition coefficient (Wildman–Crippen LogP) is 2.37. The van der Waals surface area contributed by atoms with Gasteiger partial charge >= 0.3 is 5.97 Å². The molecule has 0 radical (unpaired) electrons. The van der Waals surface area contributed by atoms with E-state index in [1.807, 2.05) is 42.5 Å². The van der Waals surface area contributed by atoms with Crippen LogP contribution < -0.4 is 0 Å². The first-order valence-electron chi connectivity index (χ1n) is 5.40. The average Bonchev–Trinajstić information content (AvgIpc) is 2.39. The number of hydrogen-bond acceptors (Lipinski definition) is 2. The summed E-state index contributed by atoms with van der Waals surface area (Å²) >= 11 is 0. The van der Waals surface area contributed by atoms with Gasteiger partial charge in [0.05, 0.1) is 0 Å². The molecule has 1 aromatic rings. The van der Waals surface area contributed by atoms with Crippen molar-refractivity contribution in [1.29, 1.82) is 0 Å². The van der Waals surface area contributed by atoms with Gasteiger partial charge in [-0.05, 0) is 17.7 Å². The van der Waals surface area contributed by atoms with Crippen LogP contribution in [-0.4, -0.2) is 23.8 Å². The number of methoxy groups -OCH3 is 1. The fraction of sp³-hybridized carbons (Fsp3) is 0.214. The Morgan fingerprint density at radius 1 is 1.24 bits per heavy atom. The standard InChI is InChI=1S/C14H14O3/c1-17-14(13(15)16)9-7-12(8-10-14)11-5-3-2-4-6-11/h2-10,12H,1H3,(H,15,16). The Hall–Kier alpha value is -1.87. The van der Waals surface area contributed by atoms with E-state index >= 15 is 0 Å². The van der Waals surface area contributed by atoms with Gasteiger partial charge in [-0.1, -0.05) is 42.5 Å². The third-order valence-electron chi connectivity index (χ3n) is 2.96. The van der Waals surface area contributed by atoms with Crippen molar-refractivity contribution < 1.29 is 14.6 Å². The first-order chi connectivity index (χ1) is 8.18. The summed E-state index contributed by atoms with van der Waals surface area (Å²) in [5, 5.41) is 9.12. The van der Waals surface area contributed by atoms with Crippen LogP contribution in [0.2, 0.25) is 0 Å². The van der Waals surface area contributed by atoms with E-state index < -0.39 is 11.6 Å². The van der Waals surface area contributed by atoms with Crippen molar-refractivity contribution in [2.75, 3.05) is 7.11 Å². The summed E-state index contributed by atoms with van der Waals surface area (Å²) < 4.78 is 5.05. The molecule has 0 saturated heterocycles. The van der Waals surface area contributed by atoms with Crippen LogP contribution in [0.15, 0.2) is 54.6 Å². The van der Waals surface area contributed by atoms with E-state index in [-0.39, 0.29) is 5.92 Å². The summed E-state index contributed by atoms with van der Waals surface area (Å²) in [6.07, 6.45) is 6.89. The molecule has 3 nitrogen and oxygen atoms in total. The highest BCUT2D eigenvalue weighted by Gasteiger charge is 2.35. The molecule has 3 heteroatoms. The third-order valence-corrected chi connectivity index (χ3v) is 2.96. The van der Waals surface area contributed by atoms with Crippen LogP contribution in [0, 0.1) is 0 Å². The van der Waals surface area contributed by atoms with Crippen LogP contribution in [0.4, 0.5) is 0 Å². The molecule has 0 unspecified atom stereocenters. The largest absolute Gasteiger partial charge is 0.479 e. The Morgan fingerprint density at radius 2 is 1.82 bits per heavy atom. The highest BCUT2D eigenvalue weighted by Crippen LogP contribution is 2.28. The fourth-order valence-electron chi connectivity index (χ4n) is 1.88. The molecule has 1 aliphatic carbocycles. The lowest BCUT2D eigenvalue weighted by Crippen LogP contribution is -2.37. The van der Waals surface area contributed by atoms with Gasteiger partial charge in [-0.2, -0.15) is 0 Å². The number of aliphatic carboxylic acids is 1. The first kappa shape index (κ1) is 11.6. The molecule has 0 bridgehead atoms. The topological polar surface area (TPSA) is 46.5 Å². The van der Waals surface area contributed by atoms with Gasteiger partial charge in [0.15, 0.2) is 0 Å². The van der Waals surface area contributed by atoms with E-state index in [0.717, 1.165) is 5.56 Å². The maximum Gasteiger partial charge on any atom is 0.344 e. The molecule has 1 aromatic carbocycles. The summed E-state index contributed by atoms with van der Waals surface area (Å²) in [7, 11) is 1.39. The van der Waals surface area contributed by atoms with Gasteiger partial charge < -0.3 is 9.84 Å². The van der Waals surface area contributed by atoms with Crippen molar-refractivity contribution in [3.63, 3.8) is 0 Å². The molecule has 0 aromatic heterocycles. The van der Waals surface area contributed by atoms with Crippen LogP contribution in [0.1, 0.15) is 11.5 Å². The monoisotopic (exact) mass is 230 g/mol. The lowest BCUT2D eigenvalue weighted by Gasteiger charge is -2.25. The molecule has 0 aliphatic heterocycles. The summed E-state index contributed by atoms with van der Waals surface area (Å²) in [4.78, 5) is 11.1. The zero-order chi connectivity index (χ0) is 12.3. The minimum Gasteiger partial charge on any atom is -0.479 e. The van der Waals surface area contributed by atoms with Crippen molar-refractivity contribution >= 4 is 5.97 Å². The first-order valence-corrected chi connectivity index (χ1v) is 5.40. The number of ether oxygens (including phenoxy) is 1. The molecule has 88 valence electrons. The maximum absolute atomic E-state index is 11.1. The third kappa shape index (κ3) is 2.15. The van der Waals surface area contributed by atoms with Crippen molar-refractivity contribution in [2.45, 2.75) is 11.5 Å². The second-order valence-electron chi connectivity index (χ2n) is 3.96. The number of carbonyl (C=O) groups is 1. The SMILES string of the molecule is COC1(C(=O)O)C=CC(c2ccccc2)C=C1. The molecular weight excluding hydrogens is 216 g/mol. The van der Waals surface area contributed by atoms with Gasteiger partial charge in [-0.25, -0.2) is 4.79 Å². The van der Waals surface area contributed by atoms with Gasteiger partial charge in [-0.15, -0.1) is 0 Å². The number of benzene rings is 1. The van der Waals surface area contributed by atoms with Gasteiger partial charge in [0.2, 0.25) is 5.60 Å². The minimum atomic E-state index is -1.31. The molecule has 0 spiro atoms. The molecule has 2 rings (SSSR count). The van der Waals surface area contributed by atoms with E-state index in [1.165, 1.54) is 7.11 Å². The zero-order valence-electron chi connectivity index (χ0n) is 9.54. The number of allylic oxidation sites excluding steroid dienone is 2. The summed E-state index contributed by atoms with van der Waals surface area (Å²) in [6.45, 7) is 0. The molecule has 1 aliphatic rings. The zero-order valence-corrected chi connectivity index (χ0v) is 9.54. The van der Waals surface area contributed by atoms with Crippen molar-refractivity contribution in [1.82, 2.24) is 0 Å². The number of carboxylic acids is 1. The molecule has 0 saturated carbocycles. The Kier molecular flexibility index (Phi) is 3.11. The lowest BCUT2D eigenvalue weighted by molar-refractivity contribution is -0.151. The Labute approximate surface area is 100 Å². The van der Waals surface area contributed by atoms with Crippen LogP contribution in [0.5, 0.6) is 0 Å². The molecule has 0 fully saturated rings. The average molecular weight is 230 g/mol. The van der Waals surface area contributed by atoms with Crippen molar-refractivity contribution in [3.05, 3.63) is 60.2 Å². The highest BCUT2D eigenvalue weighted by atomic mass is 16.5. The van der Waals surface area contributed by atoms with Crippen molar-refractivity contribution in [2.24, 2.45) is 0 Å². The van der Waals surface area contributed by atoms with Crippen LogP contribution in [0.3, 0.4) is 0 Å². The van der Waals surface area contributed by atoms with E-state index in [0.29, 0.717) is 0 Å². The van der Waals surface area contributed by atoms with E-state index in [4.69, 9.17) is 9.84 Å². The Balaban J connectivity index is 2.24. The van der Waals surface area contributed by atoms with Crippen molar-refractivity contribution in [3.8, 4) is 0 Å². The maximum atomic E-state index is 11.1. The molecular formula is C14H14O3. The quantitative estimate of drug-likeness (QED) is 0.811. The summed E-state index contributed by atoms with van der Waals surface area (Å²) in [6, 6.07) is 9.91. The number of rotatable bonds is 3. The Bertz CT molecular complexity index is 446. The number of carboxylic acid groups (broad SMARTS) is 1. The van der Waals surface area contributed by atoms with E-state index in [9.17, 15) is 4.79 Å². The predicted molar refractivity (Wildman–Crippen MR) is 64.8 cm³/mol. The molecule has 0 heterocycles. The smallest absolute Gasteiger partial charge is 0.344 e. The van der Waals surface area contributed by atoms with E-state index in [2.05, 4.69) is 0 Å². The van der Waals surface area contributed by atoms with Crippen LogP contribution >= 0.6 is 0 Å². The minimum absolute atomic E-state index is 0.110. The summed E-state index contributed by atoms with van der Waals surface area (Å²) in [5.74, 6) is -0.891. The molecule has 0 amide bonds. The molecule has 1 N–H and O–H groups in total. The molecule has 17 heavy (non-hydrogen) atoms. The second kappa shape index (κ2) is 4.55. The van der Waals surface area contributed by atoms with E-state index in [1.54, 1.807) is 12.2 Å².